The van der Waals surface area contributed by atoms with E-state index in [1.807, 2.05) is 25.3 Å². The summed E-state index contributed by atoms with van der Waals surface area (Å²) >= 11 is 5.92. The average Bonchev–Trinajstić information content (AvgIpc) is 3.08. The summed E-state index contributed by atoms with van der Waals surface area (Å²) in [6, 6.07) is 15.3. The fraction of sp³-hybridized carbons (Fsp3) is 0.238. The molecule has 134 valence electrons. The molecule has 0 aliphatic heterocycles. The third-order valence-electron chi connectivity index (χ3n) is 4.50. The van der Waals surface area contributed by atoms with E-state index in [2.05, 4.69) is 28.6 Å². The Kier molecular flexibility index (Phi) is 5.74. The molecule has 2 aromatic carbocycles. The smallest absolute Gasteiger partial charge is 0.254 e. The van der Waals surface area contributed by atoms with E-state index >= 15 is 0 Å². The summed E-state index contributed by atoms with van der Waals surface area (Å²) in [6.45, 7) is 5.90. The number of halogens is 1. The lowest BCUT2D eigenvalue weighted by Gasteiger charge is -2.21. The van der Waals surface area contributed by atoms with Crippen LogP contribution in [0, 0.1) is 6.92 Å². The van der Waals surface area contributed by atoms with Crippen molar-refractivity contribution in [1.29, 1.82) is 0 Å². The topological polar surface area (TPSA) is 38.1 Å². The zero-order valence-corrected chi connectivity index (χ0v) is 15.8. The second-order valence-electron chi connectivity index (χ2n) is 6.22. The molecule has 1 amide bonds. The highest BCUT2D eigenvalue weighted by Crippen LogP contribution is 2.15. The number of carbonyl (C=O) groups is 1. The minimum Gasteiger partial charge on any atom is -0.331 e. The van der Waals surface area contributed by atoms with Crippen molar-refractivity contribution in [3.05, 3.63) is 88.5 Å². The first-order chi connectivity index (χ1) is 12.6. The van der Waals surface area contributed by atoms with E-state index in [0.29, 0.717) is 23.7 Å². The maximum absolute atomic E-state index is 12.8. The van der Waals surface area contributed by atoms with Gasteiger partial charge >= 0.3 is 0 Å². The van der Waals surface area contributed by atoms with E-state index in [0.717, 1.165) is 12.4 Å². The first-order valence-corrected chi connectivity index (χ1v) is 9.05. The van der Waals surface area contributed by atoms with Gasteiger partial charge in [0.05, 0.1) is 6.54 Å². The van der Waals surface area contributed by atoms with Crippen molar-refractivity contribution < 1.29 is 4.79 Å². The Hall–Kier alpha value is -2.59. The second-order valence-corrected chi connectivity index (χ2v) is 6.66. The molecule has 0 atom stereocenters. The third kappa shape index (κ3) is 4.14. The van der Waals surface area contributed by atoms with Gasteiger partial charge in [0, 0.05) is 36.1 Å². The zero-order chi connectivity index (χ0) is 18.5. The number of nitrogens with zero attached hydrogens (tertiary/aromatic N) is 3. The van der Waals surface area contributed by atoms with Crippen molar-refractivity contribution in [2.45, 2.75) is 26.9 Å². The number of hydrogen-bond donors (Lipinski definition) is 0. The first-order valence-electron chi connectivity index (χ1n) is 8.68. The standard InChI is InChI=1S/C21H22ClN3O/c1-3-24(21(26)17-8-10-19(22)11-9-17)15-20-23-12-13-25(20)14-18-7-5-4-6-16(18)2/h4-13H,3,14-15H2,1-2H3. The molecule has 0 saturated heterocycles. The van der Waals surface area contributed by atoms with Crippen LogP contribution in [-0.2, 0) is 13.1 Å². The van der Waals surface area contributed by atoms with E-state index in [1.54, 1.807) is 35.4 Å². The van der Waals surface area contributed by atoms with Crippen LogP contribution in [0.2, 0.25) is 5.02 Å². The van der Waals surface area contributed by atoms with Gasteiger partial charge in [-0.2, -0.15) is 0 Å². The molecule has 4 nitrogen and oxygen atoms in total. The van der Waals surface area contributed by atoms with Gasteiger partial charge in [-0.3, -0.25) is 4.79 Å². The van der Waals surface area contributed by atoms with Crippen molar-refractivity contribution >= 4 is 17.5 Å². The molecule has 0 saturated carbocycles. The highest BCUT2D eigenvalue weighted by molar-refractivity contribution is 6.30. The number of rotatable bonds is 6. The van der Waals surface area contributed by atoms with Crippen LogP contribution in [-0.4, -0.2) is 26.9 Å². The first kappa shape index (κ1) is 18.2. The van der Waals surface area contributed by atoms with Gasteiger partial charge in [-0.05, 0) is 49.2 Å². The molecular weight excluding hydrogens is 346 g/mol. The number of benzene rings is 2. The van der Waals surface area contributed by atoms with Gasteiger partial charge in [0.15, 0.2) is 0 Å². The predicted molar refractivity (Wildman–Crippen MR) is 104 cm³/mol. The van der Waals surface area contributed by atoms with Gasteiger partial charge in [-0.1, -0.05) is 35.9 Å². The van der Waals surface area contributed by atoms with Gasteiger partial charge in [0.1, 0.15) is 5.82 Å². The molecule has 3 aromatic rings. The summed E-state index contributed by atoms with van der Waals surface area (Å²) in [5.41, 5.74) is 3.13. The molecule has 1 heterocycles. The largest absolute Gasteiger partial charge is 0.331 e. The molecule has 1 aromatic heterocycles. The van der Waals surface area contributed by atoms with Crippen LogP contribution >= 0.6 is 11.6 Å². The van der Waals surface area contributed by atoms with Crippen LogP contribution in [0.3, 0.4) is 0 Å². The lowest BCUT2D eigenvalue weighted by molar-refractivity contribution is 0.0747. The molecule has 0 N–H and O–H groups in total. The Balaban J connectivity index is 1.77. The fourth-order valence-electron chi connectivity index (χ4n) is 2.88. The van der Waals surface area contributed by atoms with Gasteiger partial charge in [0.2, 0.25) is 0 Å². The van der Waals surface area contributed by atoms with Gasteiger partial charge < -0.3 is 9.47 Å². The Labute approximate surface area is 159 Å². The van der Waals surface area contributed by atoms with Crippen molar-refractivity contribution in [2.75, 3.05) is 6.54 Å². The lowest BCUT2D eigenvalue weighted by Crippen LogP contribution is -2.31. The number of hydrogen-bond acceptors (Lipinski definition) is 2. The maximum Gasteiger partial charge on any atom is 0.254 e. The van der Waals surface area contributed by atoms with Gasteiger partial charge in [-0.15, -0.1) is 0 Å². The van der Waals surface area contributed by atoms with Crippen LogP contribution < -0.4 is 0 Å². The summed E-state index contributed by atoms with van der Waals surface area (Å²) in [4.78, 5) is 19.0. The van der Waals surface area contributed by atoms with Crippen molar-refractivity contribution in [3.8, 4) is 0 Å². The number of carbonyl (C=O) groups excluding carboxylic acids is 1. The molecule has 0 spiro atoms. The highest BCUT2D eigenvalue weighted by atomic mass is 35.5. The Bertz CT molecular complexity index is 886. The Morgan fingerprint density at radius 3 is 2.58 bits per heavy atom. The summed E-state index contributed by atoms with van der Waals surface area (Å²) in [6.07, 6.45) is 3.75. The zero-order valence-electron chi connectivity index (χ0n) is 15.0. The summed E-state index contributed by atoms with van der Waals surface area (Å²) in [5, 5.41) is 0.623. The Morgan fingerprint density at radius 1 is 1.15 bits per heavy atom. The summed E-state index contributed by atoms with van der Waals surface area (Å²) < 4.78 is 2.10. The average molecular weight is 368 g/mol. The van der Waals surface area contributed by atoms with Gasteiger partial charge in [-0.25, -0.2) is 4.98 Å². The molecule has 0 fully saturated rings. The van der Waals surface area contributed by atoms with Gasteiger partial charge in [0.25, 0.3) is 5.91 Å². The van der Waals surface area contributed by atoms with E-state index in [4.69, 9.17) is 11.6 Å². The van der Waals surface area contributed by atoms with E-state index in [1.165, 1.54) is 11.1 Å². The van der Waals surface area contributed by atoms with Crippen molar-refractivity contribution in [1.82, 2.24) is 14.5 Å². The van der Waals surface area contributed by atoms with E-state index < -0.39 is 0 Å². The molecular formula is C21H22ClN3O. The molecule has 0 unspecified atom stereocenters. The molecule has 0 radical (unpaired) electrons. The monoisotopic (exact) mass is 367 g/mol. The molecule has 26 heavy (non-hydrogen) atoms. The minimum absolute atomic E-state index is 0.0189. The van der Waals surface area contributed by atoms with E-state index in [9.17, 15) is 4.79 Å². The van der Waals surface area contributed by atoms with Crippen molar-refractivity contribution in [2.24, 2.45) is 0 Å². The van der Waals surface area contributed by atoms with Crippen LogP contribution in [0.4, 0.5) is 0 Å². The predicted octanol–water partition coefficient (Wildman–Crippen LogP) is 4.56. The molecule has 5 heteroatoms. The SMILES string of the molecule is CCN(Cc1nccn1Cc1ccccc1C)C(=O)c1ccc(Cl)cc1. The third-order valence-corrected chi connectivity index (χ3v) is 4.75. The van der Waals surface area contributed by atoms with Crippen LogP contribution in [0.5, 0.6) is 0 Å². The normalized spacial score (nSPS) is 10.7. The highest BCUT2D eigenvalue weighted by Gasteiger charge is 2.17. The molecule has 0 bridgehead atoms. The molecule has 0 aliphatic carbocycles. The number of amides is 1. The maximum atomic E-state index is 12.8. The van der Waals surface area contributed by atoms with Crippen molar-refractivity contribution in [3.63, 3.8) is 0 Å². The molecule has 3 rings (SSSR count). The quantitative estimate of drug-likeness (QED) is 0.640. The Morgan fingerprint density at radius 2 is 1.88 bits per heavy atom. The minimum atomic E-state index is -0.0189. The number of aromatic nitrogens is 2. The van der Waals surface area contributed by atoms with Crippen LogP contribution in [0.1, 0.15) is 34.2 Å². The van der Waals surface area contributed by atoms with Crippen LogP contribution in [0.15, 0.2) is 60.9 Å². The van der Waals surface area contributed by atoms with Crippen LogP contribution in [0.25, 0.3) is 0 Å². The summed E-state index contributed by atoms with van der Waals surface area (Å²) in [7, 11) is 0. The summed E-state index contributed by atoms with van der Waals surface area (Å²) in [5.74, 6) is 0.854. The number of imidazole rings is 1. The molecule has 0 aliphatic rings. The lowest BCUT2D eigenvalue weighted by atomic mass is 10.1. The van der Waals surface area contributed by atoms with E-state index in [-0.39, 0.29) is 5.91 Å². The number of aryl methyl sites for hydroxylation is 1. The second kappa shape index (κ2) is 8.19. The fourth-order valence-corrected chi connectivity index (χ4v) is 3.01.